The Morgan fingerprint density at radius 3 is 2.71 bits per heavy atom. The van der Waals surface area contributed by atoms with E-state index in [1.807, 2.05) is 0 Å². The highest BCUT2D eigenvalue weighted by Crippen LogP contribution is 2.17. The molecule has 1 rings (SSSR count). The molecule has 0 radical (unpaired) electrons. The van der Waals surface area contributed by atoms with Gasteiger partial charge in [-0.25, -0.2) is 0 Å². The first-order valence-corrected chi connectivity index (χ1v) is 9.57. The fraction of sp³-hybridized carbons (Fsp3) is 0.667. The van der Waals surface area contributed by atoms with Gasteiger partial charge in [0.2, 0.25) is 0 Å². The molecule has 0 aliphatic rings. The smallest absolute Gasteiger partial charge is 0.147 e. The number of hydrogen-bond acceptors (Lipinski definition) is 4. The molecule has 1 heterocycles. The van der Waals surface area contributed by atoms with E-state index in [0.717, 1.165) is 6.04 Å². The molecule has 0 aromatic carbocycles. The van der Waals surface area contributed by atoms with Crippen molar-refractivity contribution in [3.63, 3.8) is 0 Å². The second kappa shape index (κ2) is 6.96. The van der Waals surface area contributed by atoms with Crippen molar-refractivity contribution >= 4 is 8.07 Å². The Kier molecular flexibility index (Phi) is 5.91. The van der Waals surface area contributed by atoms with Crippen LogP contribution in [0.1, 0.15) is 11.9 Å². The van der Waals surface area contributed by atoms with Crippen LogP contribution in [-0.4, -0.2) is 33.2 Å². The first-order chi connectivity index (χ1) is 8.03. The first kappa shape index (κ1) is 14.4. The number of furan rings is 1. The quantitative estimate of drug-likeness (QED) is 0.442. The van der Waals surface area contributed by atoms with Crippen LogP contribution in [0.15, 0.2) is 22.8 Å². The van der Waals surface area contributed by atoms with Crippen LogP contribution >= 0.6 is 0 Å². The summed E-state index contributed by atoms with van der Waals surface area (Å²) in [6.45, 7) is 7.71. The van der Waals surface area contributed by atoms with Crippen molar-refractivity contribution in [2.45, 2.75) is 31.8 Å². The number of hydrogen-bond donors (Lipinski definition) is 1. The molecule has 0 saturated carbocycles. The summed E-state index contributed by atoms with van der Waals surface area (Å²) in [7, 11) is -1.04. The van der Waals surface area contributed by atoms with E-state index >= 15 is 0 Å². The van der Waals surface area contributed by atoms with Gasteiger partial charge in [0.05, 0.1) is 12.9 Å². The number of aliphatic hydroxyl groups excluding tert-OH is 1. The lowest BCUT2D eigenvalue weighted by Gasteiger charge is -2.17. The van der Waals surface area contributed by atoms with E-state index in [9.17, 15) is 0 Å². The van der Waals surface area contributed by atoms with Gasteiger partial charge in [-0.1, -0.05) is 19.6 Å². The van der Waals surface area contributed by atoms with Crippen LogP contribution in [0.25, 0.3) is 0 Å². The molecule has 1 aromatic heterocycles. The third-order valence-corrected chi connectivity index (χ3v) is 4.08. The molecule has 98 valence electrons. The van der Waals surface area contributed by atoms with Crippen LogP contribution in [0.5, 0.6) is 0 Å². The minimum atomic E-state index is -1.04. The lowest BCUT2D eigenvalue weighted by atomic mass is 10.3. The van der Waals surface area contributed by atoms with Crippen molar-refractivity contribution in [3.05, 3.63) is 24.2 Å². The van der Waals surface area contributed by atoms with Gasteiger partial charge in [0.15, 0.2) is 0 Å². The van der Waals surface area contributed by atoms with Crippen LogP contribution in [0.3, 0.4) is 0 Å². The largest absolute Gasteiger partial charge is 0.466 e. The molecule has 0 aliphatic carbocycles. The van der Waals surface area contributed by atoms with Crippen molar-refractivity contribution in [1.82, 2.24) is 0 Å². The predicted octanol–water partition coefficient (Wildman–Crippen LogP) is 2.64. The van der Waals surface area contributed by atoms with Crippen molar-refractivity contribution in [3.8, 4) is 0 Å². The molecule has 1 atom stereocenters. The van der Waals surface area contributed by atoms with Gasteiger partial charge in [-0.3, -0.25) is 0 Å². The van der Waals surface area contributed by atoms with Gasteiger partial charge in [-0.2, -0.15) is 0 Å². The molecule has 1 aromatic rings. The van der Waals surface area contributed by atoms with Crippen molar-refractivity contribution in [2.75, 3.05) is 20.0 Å². The maximum atomic E-state index is 9.15. The third kappa shape index (κ3) is 6.02. The summed E-state index contributed by atoms with van der Waals surface area (Å²) in [5.74, 6) is 0.626. The highest BCUT2D eigenvalue weighted by Gasteiger charge is 2.15. The second-order valence-electron chi connectivity index (χ2n) is 5.19. The van der Waals surface area contributed by atoms with E-state index in [2.05, 4.69) is 19.6 Å². The van der Waals surface area contributed by atoms with Crippen LogP contribution in [-0.2, 0) is 9.47 Å². The van der Waals surface area contributed by atoms with E-state index in [1.165, 1.54) is 0 Å². The van der Waals surface area contributed by atoms with E-state index < -0.39 is 14.2 Å². The van der Waals surface area contributed by atoms with E-state index in [-0.39, 0.29) is 13.4 Å². The fourth-order valence-corrected chi connectivity index (χ4v) is 2.02. The van der Waals surface area contributed by atoms with Gasteiger partial charge >= 0.3 is 0 Å². The summed E-state index contributed by atoms with van der Waals surface area (Å²) >= 11 is 0. The van der Waals surface area contributed by atoms with Gasteiger partial charge in [-0.05, 0) is 18.2 Å². The van der Waals surface area contributed by atoms with Crippen LogP contribution < -0.4 is 0 Å². The highest BCUT2D eigenvalue weighted by molar-refractivity contribution is 6.76. The molecule has 0 unspecified atom stereocenters. The Hall–Kier alpha value is -0.623. The minimum absolute atomic E-state index is 0.106. The monoisotopic (exact) mass is 258 g/mol. The lowest BCUT2D eigenvalue weighted by Crippen LogP contribution is -2.22. The van der Waals surface area contributed by atoms with E-state index in [1.54, 1.807) is 18.4 Å². The zero-order chi connectivity index (χ0) is 12.7. The summed E-state index contributed by atoms with van der Waals surface area (Å²) in [4.78, 5) is 0. The van der Waals surface area contributed by atoms with Crippen LogP contribution in [0.2, 0.25) is 25.7 Å². The molecule has 0 aliphatic heterocycles. The lowest BCUT2D eigenvalue weighted by molar-refractivity contribution is -0.107. The number of aliphatic hydroxyl groups is 1. The zero-order valence-corrected chi connectivity index (χ0v) is 11.8. The Balaban J connectivity index is 2.17. The molecule has 5 heteroatoms. The summed E-state index contributed by atoms with van der Waals surface area (Å²) in [5, 5.41) is 9.15. The molecule has 4 nitrogen and oxygen atoms in total. The molecule has 0 saturated heterocycles. The fourth-order valence-electron chi connectivity index (χ4n) is 1.27. The Morgan fingerprint density at radius 2 is 2.18 bits per heavy atom. The van der Waals surface area contributed by atoms with Crippen molar-refractivity contribution in [2.24, 2.45) is 0 Å². The van der Waals surface area contributed by atoms with Gasteiger partial charge in [0.25, 0.3) is 0 Å². The summed E-state index contributed by atoms with van der Waals surface area (Å²) in [5.41, 5.74) is 0. The van der Waals surface area contributed by atoms with Crippen LogP contribution in [0, 0.1) is 0 Å². The average molecular weight is 258 g/mol. The molecule has 0 fully saturated rings. The van der Waals surface area contributed by atoms with Gasteiger partial charge in [0.1, 0.15) is 18.7 Å². The summed E-state index contributed by atoms with van der Waals surface area (Å²) in [6, 6.07) is 4.66. The normalized spacial score (nSPS) is 13.9. The molecule has 1 N–H and O–H groups in total. The Morgan fingerprint density at radius 1 is 1.41 bits per heavy atom. The molecule has 0 amide bonds. The van der Waals surface area contributed by atoms with Crippen molar-refractivity contribution in [1.29, 1.82) is 0 Å². The predicted molar refractivity (Wildman–Crippen MR) is 68.6 cm³/mol. The number of ether oxygens (including phenoxy) is 2. The summed E-state index contributed by atoms with van der Waals surface area (Å²) in [6.07, 6.45) is 1.13. The summed E-state index contributed by atoms with van der Waals surface area (Å²) < 4.78 is 16.0. The Bertz CT molecular complexity index is 292. The highest BCUT2D eigenvalue weighted by atomic mass is 28.3. The molecular weight excluding hydrogens is 236 g/mol. The van der Waals surface area contributed by atoms with Crippen molar-refractivity contribution < 1.29 is 19.0 Å². The third-order valence-electron chi connectivity index (χ3n) is 2.38. The van der Waals surface area contributed by atoms with Gasteiger partial charge in [0, 0.05) is 14.7 Å². The molecule has 17 heavy (non-hydrogen) atoms. The topological polar surface area (TPSA) is 51.8 Å². The minimum Gasteiger partial charge on any atom is -0.466 e. The SMILES string of the molecule is C[Si](C)(C)CCOCO[C@H](CO)c1ccco1. The Labute approximate surface area is 104 Å². The first-order valence-electron chi connectivity index (χ1n) is 5.86. The van der Waals surface area contributed by atoms with Gasteiger partial charge < -0.3 is 19.0 Å². The maximum Gasteiger partial charge on any atom is 0.147 e. The maximum absolute atomic E-state index is 9.15. The second-order valence-corrected chi connectivity index (χ2v) is 10.8. The van der Waals surface area contributed by atoms with E-state index in [4.69, 9.17) is 19.0 Å². The average Bonchev–Trinajstić information content (AvgIpc) is 2.75. The molecule has 0 bridgehead atoms. The molecule has 0 spiro atoms. The molecular formula is C12H22O4Si. The standard InChI is InChI=1S/C12H22O4Si/c1-17(2,3)8-7-14-10-16-12(9-13)11-5-4-6-15-11/h4-6,12-13H,7-10H2,1-3H3/t12-/m1/s1. The zero-order valence-electron chi connectivity index (χ0n) is 10.8. The van der Waals surface area contributed by atoms with E-state index in [0.29, 0.717) is 12.4 Å². The van der Waals surface area contributed by atoms with Crippen LogP contribution in [0.4, 0.5) is 0 Å². The number of rotatable bonds is 8. The van der Waals surface area contributed by atoms with Gasteiger partial charge in [-0.15, -0.1) is 0 Å².